The first-order valence-corrected chi connectivity index (χ1v) is 8.38. The van der Waals surface area contributed by atoms with Crippen molar-refractivity contribution in [1.82, 2.24) is 19.7 Å². The van der Waals surface area contributed by atoms with E-state index < -0.39 is 5.91 Å². The van der Waals surface area contributed by atoms with Crippen molar-refractivity contribution in [3.05, 3.63) is 45.7 Å². The molecule has 0 fully saturated rings. The van der Waals surface area contributed by atoms with Crippen LogP contribution in [0, 0.1) is 0 Å². The van der Waals surface area contributed by atoms with Crippen LogP contribution in [0.25, 0.3) is 22.0 Å². The number of anilines is 1. The molecule has 0 aliphatic heterocycles. The summed E-state index contributed by atoms with van der Waals surface area (Å²) in [7, 11) is 0. The van der Waals surface area contributed by atoms with E-state index >= 15 is 0 Å². The van der Waals surface area contributed by atoms with E-state index in [4.69, 9.17) is 11.5 Å². The Hall–Kier alpha value is -3.07. The zero-order valence-electron chi connectivity index (χ0n) is 13.6. The summed E-state index contributed by atoms with van der Waals surface area (Å²) in [6, 6.07) is 6.55. The summed E-state index contributed by atoms with van der Waals surface area (Å²) >= 11 is 1.45. The summed E-state index contributed by atoms with van der Waals surface area (Å²) in [5.41, 5.74) is 12.1. The molecule has 0 radical (unpaired) electrons. The molecule has 0 aliphatic rings. The van der Waals surface area contributed by atoms with Crippen molar-refractivity contribution in [2.24, 2.45) is 5.73 Å². The Labute approximate surface area is 147 Å². The van der Waals surface area contributed by atoms with Gasteiger partial charge in [0.25, 0.3) is 11.5 Å². The lowest BCUT2D eigenvalue weighted by atomic mass is 10.2. The molecular formula is C16H16N6O2S. The van der Waals surface area contributed by atoms with Crippen molar-refractivity contribution in [3.8, 4) is 22.0 Å². The maximum atomic E-state index is 12.0. The Morgan fingerprint density at radius 3 is 2.56 bits per heavy atom. The highest BCUT2D eigenvalue weighted by Gasteiger charge is 2.20. The number of hydrogen-bond donors (Lipinski definition) is 2. The molecule has 0 aliphatic carbocycles. The van der Waals surface area contributed by atoms with Crippen LogP contribution in [-0.4, -0.2) is 25.7 Å². The molecule has 0 spiro atoms. The van der Waals surface area contributed by atoms with Gasteiger partial charge in [0, 0.05) is 6.07 Å². The maximum Gasteiger partial charge on any atom is 0.271 e. The smallest absolute Gasteiger partial charge is 0.271 e. The largest absolute Gasteiger partial charge is 0.382 e. The number of aromatic nitrogens is 4. The molecule has 3 aromatic heterocycles. The molecule has 8 nitrogen and oxygen atoms in total. The van der Waals surface area contributed by atoms with Crippen molar-refractivity contribution in [2.75, 3.05) is 5.73 Å². The fraction of sp³-hybridized carbons (Fsp3) is 0.188. The summed E-state index contributed by atoms with van der Waals surface area (Å²) in [4.78, 5) is 33.0. The average Bonchev–Trinajstić information content (AvgIpc) is 3.09. The maximum absolute atomic E-state index is 12.0. The van der Waals surface area contributed by atoms with Crippen LogP contribution < -0.4 is 17.0 Å². The van der Waals surface area contributed by atoms with Crippen LogP contribution in [0.5, 0.6) is 0 Å². The number of thiophene rings is 1. The van der Waals surface area contributed by atoms with E-state index in [0.717, 1.165) is 4.88 Å². The molecule has 1 amide bonds. The van der Waals surface area contributed by atoms with Crippen LogP contribution in [0.3, 0.4) is 0 Å². The fourth-order valence-corrected chi connectivity index (χ4v) is 3.03. The van der Waals surface area contributed by atoms with E-state index in [1.165, 1.54) is 22.1 Å². The van der Waals surface area contributed by atoms with Gasteiger partial charge in [0.05, 0.1) is 10.9 Å². The van der Waals surface area contributed by atoms with Gasteiger partial charge >= 0.3 is 0 Å². The summed E-state index contributed by atoms with van der Waals surface area (Å²) in [5.74, 6) is -0.821. The minimum atomic E-state index is -0.777. The van der Waals surface area contributed by atoms with Gasteiger partial charge in [-0.25, -0.2) is 14.6 Å². The Morgan fingerprint density at radius 1 is 1.20 bits per heavy atom. The fourth-order valence-electron chi connectivity index (χ4n) is 2.31. The third kappa shape index (κ3) is 3.13. The molecular weight excluding hydrogens is 340 g/mol. The molecule has 4 N–H and O–H groups in total. The minimum absolute atomic E-state index is 0.0446. The Balaban J connectivity index is 2.30. The van der Waals surface area contributed by atoms with Gasteiger partial charge in [-0.1, -0.05) is 6.07 Å². The number of nitrogens with two attached hydrogens (primary N) is 2. The van der Waals surface area contributed by atoms with E-state index in [-0.39, 0.29) is 23.1 Å². The monoisotopic (exact) mass is 356 g/mol. The highest BCUT2D eigenvalue weighted by Crippen LogP contribution is 2.32. The molecule has 9 heteroatoms. The lowest BCUT2D eigenvalue weighted by Crippen LogP contribution is -2.24. The number of carbonyl (C=O) groups excluding carboxylic acids is 1. The third-order valence-corrected chi connectivity index (χ3v) is 4.34. The zero-order chi connectivity index (χ0) is 18.1. The molecule has 0 saturated carbocycles. The van der Waals surface area contributed by atoms with Crippen molar-refractivity contribution in [2.45, 2.75) is 19.9 Å². The molecule has 0 aromatic carbocycles. The number of hydrogen-bond acceptors (Lipinski definition) is 7. The number of carbonyl (C=O) groups is 1. The Kier molecular flexibility index (Phi) is 4.32. The molecule has 3 rings (SSSR count). The first-order chi connectivity index (χ1) is 11.9. The molecule has 3 aromatic rings. The summed E-state index contributed by atoms with van der Waals surface area (Å²) in [6.45, 7) is 3.70. The normalized spacial score (nSPS) is 11.0. The van der Waals surface area contributed by atoms with E-state index in [2.05, 4.69) is 15.1 Å². The number of primary amides is 1. The average molecular weight is 356 g/mol. The van der Waals surface area contributed by atoms with E-state index in [1.807, 2.05) is 31.4 Å². The van der Waals surface area contributed by atoms with Crippen LogP contribution >= 0.6 is 11.3 Å². The lowest BCUT2D eigenvalue weighted by molar-refractivity contribution is 0.0996. The second-order valence-electron chi connectivity index (χ2n) is 5.59. The highest BCUT2D eigenvalue weighted by atomic mass is 32.1. The summed E-state index contributed by atoms with van der Waals surface area (Å²) in [5, 5.41) is 6.25. The Bertz CT molecular complexity index is 994. The molecule has 3 heterocycles. The SMILES string of the molecule is CC(C)n1nc(-c2nc(C(N)=O)c(N)nc2-c2cccs2)ccc1=O. The quantitative estimate of drug-likeness (QED) is 0.731. The predicted molar refractivity (Wildman–Crippen MR) is 96.2 cm³/mol. The van der Waals surface area contributed by atoms with Crippen molar-refractivity contribution in [3.63, 3.8) is 0 Å². The van der Waals surface area contributed by atoms with Gasteiger partial charge in [-0.2, -0.15) is 5.10 Å². The topological polar surface area (TPSA) is 130 Å². The van der Waals surface area contributed by atoms with Crippen LogP contribution in [0.2, 0.25) is 0 Å². The molecule has 128 valence electrons. The molecule has 25 heavy (non-hydrogen) atoms. The number of rotatable bonds is 4. The van der Waals surface area contributed by atoms with Crippen molar-refractivity contribution >= 4 is 23.1 Å². The molecule has 0 atom stereocenters. The van der Waals surface area contributed by atoms with Crippen molar-refractivity contribution in [1.29, 1.82) is 0 Å². The third-order valence-electron chi connectivity index (χ3n) is 3.47. The van der Waals surface area contributed by atoms with Crippen molar-refractivity contribution < 1.29 is 4.79 Å². The van der Waals surface area contributed by atoms with Crippen LogP contribution in [0.1, 0.15) is 30.4 Å². The van der Waals surface area contributed by atoms with Gasteiger partial charge in [0.15, 0.2) is 11.5 Å². The van der Waals surface area contributed by atoms with Gasteiger partial charge in [-0.05, 0) is 31.4 Å². The van der Waals surface area contributed by atoms with Gasteiger partial charge in [0.1, 0.15) is 17.1 Å². The van der Waals surface area contributed by atoms with Crippen LogP contribution in [-0.2, 0) is 0 Å². The molecule has 0 unspecified atom stereocenters. The van der Waals surface area contributed by atoms with Gasteiger partial charge in [-0.15, -0.1) is 11.3 Å². The van der Waals surface area contributed by atoms with E-state index in [9.17, 15) is 9.59 Å². The lowest BCUT2D eigenvalue weighted by Gasteiger charge is -2.12. The standard InChI is InChI=1S/C16H16N6O2S/c1-8(2)22-11(23)6-5-9(21-22)12-13(10-4-3-7-25-10)20-15(17)14(19-12)16(18)24/h3-8H,1-2H3,(H2,17,20)(H2,18,24). The van der Waals surface area contributed by atoms with Crippen LogP contribution in [0.15, 0.2) is 34.4 Å². The first kappa shape index (κ1) is 16.8. The Morgan fingerprint density at radius 2 is 1.96 bits per heavy atom. The minimum Gasteiger partial charge on any atom is -0.382 e. The van der Waals surface area contributed by atoms with Crippen LogP contribution in [0.4, 0.5) is 5.82 Å². The van der Waals surface area contributed by atoms with E-state index in [1.54, 1.807) is 6.07 Å². The second kappa shape index (κ2) is 6.44. The van der Waals surface area contributed by atoms with Gasteiger partial charge in [-0.3, -0.25) is 9.59 Å². The second-order valence-corrected chi connectivity index (χ2v) is 6.54. The molecule has 0 bridgehead atoms. The summed E-state index contributed by atoms with van der Waals surface area (Å²) in [6.07, 6.45) is 0. The number of nitrogen functional groups attached to an aromatic ring is 1. The zero-order valence-corrected chi connectivity index (χ0v) is 14.4. The van der Waals surface area contributed by atoms with E-state index in [0.29, 0.717) is 17.1 Å². The molecule has 0 saturated heterocycles. The number of amides is 1. The highest BCUT2D eigenvalue weighted by molar-refractivity contribution is 7.13. The first-order valence-electron chi connectivity index (χ1n) is 7.50. The van der Waals surface area contributed by atoms with Gasteiger partial charge in [0.2, 0.25) is 0 Å². The predicted octanol–water partition coefficient (Wildman–Crippen LogP) is 1.69. The van der Waals surface area contributed by atoms with Gasteiger partial charge < -0.3 is 11.5 Å². The summed E-state index contributed by atoms with van der Waals surface area (Å²) < 4.78 is 1.34. The number of nitrogens with zero attached hydrogens (tertiary/aromatic N) is 4.